The zero-order chi connectivity index (χ0) is 17.2. The molecule has 0 saturated heterocycles. The van der Waals surface area contributed by atoms with E-state index >= 15 is 0 Å². The van der Waals surface area contributed by atoms with Crippen LogP contribution in [0.15, 0.2) is 30.3 Å². The normalized spacial score (nSPS) is 11.5. The zero-order valence-corrected chi connectivity index (χ0v) is 13.5. The second-order valence-electron chi connectivity index (χ2n) is 5.22. The summed E-state index contributed by atoms with van der Waals surface area (Å²) in [7, 11) is 1.23. The van der Waals surface area contributed by atoms with Gasteiger partial charge in [0.2, 0.25) is 5.91 Å². The highest BCUT2D eigenvalue weighted by molar-refractivity contribution is 5.88. The number of benzene rings is 1. The van der Waals surface area contributed by atoms with E-state index < -0.39 is 24.0 Å². The molecule has 0 heterocycles. The van der Waals surface area contributed by atoms with Gasteiger partial charge in [-0.15, -0.1) is 0 Å². The van der Waals surface area contributed by atoms with E-state index in [-0.39, 0.29) is 19.1 Å². The number of esters is 1. The summed E-state index contributed by atoms with van der Waals surface area (Å²) in [6, 6.07) is 8.40. The van der Waals surface area contributed by atoms with Crippen molar-refractivity contribution in [1.29, 1.82) is 0 Å². The van der Waals surface area contributed by atoms with Crippen LogP contribution >= 0.6 is 0 Å². The van der Waals surface area contributed by atoms with Crippen LogP contribution in [0.2, 0.25) is 0 Å². The van der Waals surface area contributed by atoms with E-state index in [1.807, 2.05) is 30.3 Å². The summed E-state index contributed by atoms with van der Waals surface area (Å²) in [5.41, 5.74) is 0.846. The molecule has 0 aliphatic rings. The van der Waals surface area contributed by atoms with E-state index in [1.54, 1.807) is 13.8 Å². The van der Waals surface area contributed by atoms with Crippen LogP contribution in [0, 0.1) is 5.92 Å². The van der Waals surface area contributed by atoms with Gasteiger partial charge in [0, 0.05) is 0 Å². The van der Waals surface area contributed by atoms with Crippen LogP contribution < -0.4 is 10.6 Å². The molecule has 7 nitrogen and oxygen atoms in total. The average Bonchev–Trinajstić information content (AvgIpc) is 2.55. The Kier molecular flexibility index (Phi) is 7.59. The molecule has 1 rings (SSSR count). The van der Waals surface area contributed by atoms with E-state index in [1.165, 1.54) is 7.11 Å². The molecule has 7 heteroatoms. The van der Waals surface area contributed by atoms with Crippen molar-refractivity contribution >= 4 is 18.0 Å². The van der Waals surface area contributed by atoms with Crippen molar-refractivity contribution in [3.05, 3.63) is 35.9 Å². The van der Waals surface area contributed by atoms with Crippen molar-refractivity contribution < 1.29 is 23.9 Å². The SMILES string of the molecule is COC(=O)CNC(=O)[C@@H](NC(=O)OCc1ccccc1)C(C)C. The van der Waals surface area contributed by atoms with Crippen LogP contribution in [0.1, 0.15) is 19.4 Å². The number of carbonyl (C=O) groups is 3. The first-order valence-electron chi connectivity index (χ1n) is 7.25. The van der Waals surface area contributed by atoms with Gasteiger partial charge in [-0.05, 0) is 11.5 Å². The van der Waals surface area contributed by atoms with E-state index in [4.69, 9.17) is 4.74 Å². The molecule has 0 aliphatic heterocycles. The molecule has 23 heavy (non-hydrogen) atoms. The van der Waals surface area contributed by atoms with Crippen molar-refractivity contribution in [2.45, 2.75) is 26.5 Å². The molecular weight excluding hydrogens is 300 g/mol. The summed E-state index contributed by atoms with van der Waals surface area (Å²) in [6.45, 7) is 3.42. The van der Waals surface area contributed by atoms with Crippen molar-refractivity contribution in [3.8, 4) is 0 Å². The number of methoxy groups -OCH3 is 1. The molecule has 0 spiro atoms. The quantitative estimate of drug-likeness (QED) is 0.736. The number of ether oxygens (including phenoxy) is 2. The molecule has 1 atom stereocenters. The highest BCUT2D eigenvalue weighted by Gasteiger charge is 2.25. The fraction of sp³-hybridized carbons (Fsp3) is 0.438. The Bertz CT molecular complexity index is 531. The second-order valence-corrected chi connectivity index (χ2v) is 5.22. The fourth-order valence-electron chi connectivity index (χ4n) is 1.77. The van der Waals surface area contributed by atoms with Crippen LogP contribution in [0.3, 0.4) is 0 Å². The van der Waals surface area contributed by atoms with Gasteiger partial charge in [0.15, 0.2) is 0 Å². The van der Waals surface area contributed by atoms with Gasteiger partial charge in [-0.1, -0.05) is 44.2 Å². The predicted molar refractivity (Wildman–Crippen MR) is 83.4 cm³/mol. The predicted octanol–water partition coefficient (Wildman–Crippen LogP) is 1.23. The van der Waals surface area contributed by atoms with Crippen LogP contribution in [-0.4, -0.2) is 37.7 Å². The lowest BCUT2D eigenvalue weighted by molar-refractivity contribution is -0.141. The maximum atomic E-state index is 12.0. The first kappa shape index (κ1) is 18.5. The summed E-state index contributed by atoms with van der Waals surface area (Å²) in [4.78, 5) is 34.9. The maximum Gasteiger partial charge on any atom is 0.408 e. The van der Waals surface area contributed by atoms with E-state index in [0.717, 1.165) is 5.56 Å². The molecule has 126 valence electrons. The molecule has 1 aromatic rings. The molecule has 0 bridgehead atoms. The largest absolute Gasteiger partial charge is 0.468 e. The smallest absolute Gasteiger partial charge is 0.408 e. The van der Waals surface area contributed by atoms with Crippen LogP contribution in [0.4, 0.5) is 4.79 Å². The Hall–Kier alpha value is -2.57. The van der Waals surface area contributed by atoms with E-state index in [0.29, 0.717) is 0 Å². The number of hydrogen-bond donors (Lipinski definition) is 2. The summed E-state index contributed by atoms with van der Waals surface area (Å²) in [5, 5.41) is 4.91. The number of hydrogen-bond acceptors (Lipinski definition) is 5. The maximum absolute atomic E-state index is 12.0. The number of nitrogens with one attached hydrogen (secondary N) is 2. The summed E-state index contributed by atoms with van der Waals surface area (Å²) >= 11 is 0. The van der Waals surface area contributed by atoms with Gasteiger partial charge in [0.1, 0.15) is 19.2 Å². The van der Waals surface area contributed by atoms with Crippen molar-refractivity contribution in [2.75, 3.05) is 13.7 Å². The number of amides is 2. The summed E-state index contributed by atoms with van der Waals surface area (Å²) in [6.07, 6.45) is -0.694. The molecule has 2 amide bonds. The third-order valence-electron chi connectivity index (χ3n) is 3.07. The molecular formula is C16H22N2O5. The Balaban J connectivity index is 2.49. The lowest BCUT2D eigenvalue weighted by Gasteiger charge is -2.21. The fourth-order valence-corrected chi connectivity index (χ4v) is 1.77. The minimum Gasteiger partial charge on any atom is -0.468 e. The molecule has 0 aliphatic carbocycles. The lowest BCUT2D eigenvalue weighted by atomic mass is 10.0. The van der Waals surface area contributed by atoms with E-state index in [9.17, 15) is 14.4 Å². The average molecular weight is 322 g/mol. The minimum absolute atomic E-state index is 0.112. The summed E-state index contributed by atoms with van der Waals surface area (Å²) < 4.78 is 9.53. The Morgan fingerprint density at radius 3 is 2.35 bits per heavy atom. The minimum atomic E-state index is -0.803. The number of alkyl carbamates (subject to hydrolysis) is 1. The molecule has 0 unspecified atom stereocenters. The van der Waals surface area contributed by atoms with Gasteiger partial charge in [-0.3, -0.25) is 9.59 Å². The van der Waals surface area contributed by atoms with Gasteiger partial charge in [0.05, 0.1) is 7.11 Å². The van der Waals surface area contributed by atoms with Gasteiger partial charge in [-0.2, -0.15) is 0 Å². The Labute approximate surface area is 135 Å². The Morgan fingerprint density at radius 1 is 1.13 bits per heavy atom. The molecule has 1 aromatic carbocycles. The van der Waals surface area contributed by atoms with Crippen LogP contribution in [0.5, 0.6) is 0 Å². The lowest BCUT2D eigenvalue weighted by Crippen LogP contribution is -2.50. The highest BCUT2D eigenvalue weighted by atomic mass is 16.5. The topological polar surface area (TPSA) is 93.7 Å². The Morgan fingerprint density at radius 2 is 1.78 bits per heavy atom. The number of rotatable bonds is 7. The third-order valence-corrected chi connectivity index (χ3v) is 3.07. The molecule has 0 saturated carbocycles. The van der Waals surface area contributed by atoms with Crippen LogP contribution in [-0.2, 0) is 25.7 Å². The molecule has 0 fully saturated rings. The highest BCUT2D eigenvalue weighted by Crippen LogP contribution is 2.04. The van der Waals surface area contributed by atoms with Gasteiger partial charge < -0.3 is 20.1 Å². The molecule has 2 N–H and O–H groups in total. The molecule has 0 radical (unpaired) electrons. The van der Waals surface area contributed by atoms with Crippen molar-refractivity contribution in [3.63, 3.8) is 0 Å². The van der Waals surface area contributed by atoms with Gasteiger partial charge >= 0.3 is 12.1 Å². The van der Waals surface area contributed by atoms with Crippen molar-refractivity contribution in [2.24, 2.45) is 5.92 Å². The first-order chi connectivity index (χ1) is 10.9. The van der Waals surface area contributed by atoms with Crippen LogP contribution in [0.25, 0.3) is 0 Å². The van der Waals surface area contributed by atoms with Gasteiger partial charge in [-0.25, -0.2) is 4.79 Å². The standard InChI is InChI=1S/C16H22N2O5/c1-11(2)14(15(20)17-9-13(19)22-3)18-16(21)23-10-12-7-5-4-6-8-12/h4-8,11,14H,9-10H2,1-3H3,(H,17,20)(H,18,21)/t14-/m0/s1. The van der Waals surface area contributed by atoms with Crippen molar-refractivity contribution in [1.82, 2.24) is 10.6 Å². The van der Waals surface area contributed by atoms with E-state index in [2.05, 4.69) is 15.4 Å². The number of carbonyl (C=O) groups excluding carboxylic acids is 3. The van der Waals surface area contributed by atoms with Gasteiger partial charge in [0.25, 0.3) is 0 Å². The first-order valence-corrected chi connectivity index (χ1v) is 7.25. The molecule has 0 aromatic heterocycles. The third kappa shape index (κ3) is 6.82. The zero-order valence-electron chi connectivity index (χ0n) is 13.5. The monoisotopic (exact) mass is 322 g/mol. The second kappa shape index (κ2) is 9.45. The summed E-state index contributed by atoms with van der Waals surface area (Å²) in [5.74, 6) is -1.20.